The van der Waals surface area contributed by atoms with Gasteiger partial charge in [0.2, 0.25) is 0 Å². The molecule has 0 aliphatic rings. The van der Waals surface area contributed by atoms with Gasteiger partial charge < -0.3 is 15.0 Å². The van der Waals surface area contributed by atoms with Crippen molar-refractivity contribution in [2.75, 3.05) is 11.9 Å². The average Bonchev–Trinajstić information content (AvgIpc) is 2.62. The lowest BCUT2D eigenvalue weighted by atomic mass is 9.99. The van der Waals surface area contributed by atoms with Crippen molar-refractivity contribution in [3.63, 3.8) is 0 Å². The second-order valence-electron chi connectivity index (χ2n) is 6.12. The first-order valence-corrected chi connectivity index (χ1v) is 9.49. The number of aromatic amines is 1. The number of benzene rings is 1. The van der Waals surface area contributed by atoms with E-state index in [0.717, 1.165) is 0 Å². The van der Waals surface area contributed by atoms with Crippen LogP contribution < -0.4 is 10.9 Å². The largest absolute Gasteiger partial charge is 0.456 e. The Morgan fingerprint density at radius 3 is 2.41 bits per heavy atom. The van der Waals surface area contributed by atoms with Crippen LogP contribution in [-0.2, 0) is 20.7 Å². The summed E-state index contributed by atoms with van der Waals surface area (Å²) in [6.07, 6.45) is 0.215. The molecule has 29 heavy (non-hydrogen) atoms. The van der Waals surface area contributed by atoms with Crippen LogP contribution in [0.4, 0.5) is 5.69 Å². The van der Waals surface area contributed by atoms with Gasteiger partial charge in [0, 0.05) is 17.1 Å². The third kappa shape index (κ3) is 5.73. The fourth-order valence-corrected chi connectivity index (χ4v) is 3.61. The molecule has 0 unspecified atom stereocenters. The van der Waals surface area contributed by atoms with E-state index in [1.54, 1.807) is 13.8 Å². The Balaban J connectivity index is 1.94. The number of pyridine rings is 1. The number of amides is 1. The minimum atomic E-state index is -0.618. The molecule has 0 bridgehead atoms. The summed E-state index contributed by atoms with van der Waals surface area (Å²) < 4.78 is 4.96. The maximum atomic E-state index is 12.0. The van der Waals surface area contributed by atoms with Crippen molar-refractivity contribution < 1.29 is 14.3 Å². The molecule has 7 nitrogen and oxygen atoms in total. The van der Waals surface area contributed by atoms with Crippen LogP contribution in [0, 0.1) is 25.2 Å². The van der Waals surface area contributed by atoms with Gasteiger partial charge in [0.25, 0.3) is 11.5 Å². The molecule has 10 heteroatoms. The van der Waals surface area contributed by atoms with Crippen molar-refractivity contribution in [2.45, 2.75) is 26.7 Å². The topological polar surface area (TPSA) is 112 Å². The number of ether oxygens (including phenoxy) is 1. The van der Waals surface area contributed by atoms with Gasteiger partial charge in [-0.15, -0.1) is 0 Å². The fourth-order valence-electron chi connectivity index (χ4n) is 2.70. The van der Waals surface area contributed by atoms with Crippen LogP contribution in [0.25, 0.3) is 0 Å². The molecule has 0 saturated carbocycles. The van der Waals surface area contributed by atoms with Crippen LogP contribution in [-0.4, -0.2) is 23.5 Å². The quantitative estimate of drug-likeness (QED) is 0.639. The smallest absolute Gasteiger partial charge is 0.306 e. The van der Waals surface area contributed by atoms with Crippen LogP contribution in [0.15, 0.2) is 16.9 Å². The van der Waals surface area contributed by atoms with Gasteiger partial charge in [-0.25, -0.2) is 0 Å². The molecule has 1 aromatic carbocycles. The summed E-state index contributed by atoms with van der Waals surface area (Å²) in [5.74, 6) is -1.23. The van der Waals surface area contributed by atoms with Gasteiger partial charge in [0.1, 0.15) is 11.6 Å². The van der Waals surface area contributed by atoms with E-state index in [2.05, 4.69) is 10.3 Å². The Kier molecular flexibility index (Phi) is 7.68. The van der Waals surface area contributed by atoms with E-state index >= 15 is 0 Å². The first kappa shape index (κ1) is 22.8. The predicted octanol–water partition coefficient (Wildman–Crippen LogP) is 3.94. The number of carbonyl (C=O) groups excluding carboxylic acids is 2. The number of H-pyrrole nitrogens is 1. The Morgan fingerprint density at radius 2 is 1.83 bits per heavy atom. The second-order valence-corrected chi connectivity index (χ2v) is 7.37. The van der Waals surface area contributed by atoms with Crippen LogP contribution in [0.3, 0.4) is 0 Å². The van der Waals surface area contributed by atoms with Gasteiger partial charge >= 0.3 is 5.97 Å². The zero-order valence-corrected chi connectivity index (χ0v) is 17.8. The monoisotopic (exact) mass is 455 g/mol. The lowest BCUT2D eigenvalue weighted by Gasteiger charge is -2.12. The zero-order chi connectivity index (χ0) is 21.7. The van der Waals surface area contributed by atoms with Gasteiger partial charge in [-0.05, 0) is 43.5 Å². The first-order chi connectivity index (χ1) is 13.6. The van der Waals surface area contributed by atoms with E-state index in [1.807, 2.05) is 6.07 Å². The lowest BCUT2D eigenvalue weighted by Crippen LogP contribution is -2.22. The number of carbonyl (C=O) groups is 2. The number of nitriles is 1. The summed E-state index contributed by atoms with van der Waals surface area (Å²) in [7, 11) is 0. The summed E-state index contributed by atoms with van der Waals surface area (Å²) in [4.78, 5) is 38.3. The highest BCUT2D eigenvalue weighted by Gasteiger charge is 2.16. The molecule has 1 heterocycles. The van der Waals surface area contributed by atoms with E-state index in [4.69, 9.17) is 44.8 Å². The van der Waals surface area contributed by atoms with Crippen LogP contribution in [0.1, 0.15) is 28.8 Å². The fraction of sp³-hybridized carbons (Fsp3) is 0.263. The summed E-state index contributed by atoms with van der Waals surface area (Å²) in [6, 6.07) is 4.69. The third-order valence-electron chi connectivity index (χ3n) is 4.13. The molecule has 2 rings (SSSR count). The van der Waals surface area contributed by atoms with Crippen molar-refractivity contribution in [2.24, 2.45) is 0 Å². The Labute approximate surface area is 181 Å². The number of nitrogens with one attached hydrogen (secondary N) is 2. The van der Waals surface area contributed by atoms with E-state index < -0.39 is 24.0 Å². The van der Waals surface area contributed by atoms with E-state index in [-0.39, 0.29) is 34.1 Å². The van der Waals surface area contributed by atoms with E-state index in [9.17, 15) is 14.4 Å². The molecule has 2 N–H and O–H groups in total. The molecule has 152 valence electrons. The second kappa shape index (κ2) is 9.79. The van der Waals surface area contributed by atoms with E-state index in [0.29, 0.717) is 21.8 Å². The highest BCUT2D eigenvalue weighted by atomic mass is 35.5. The summed E-state index contributed by atoms with van der Waals surface area (Å²) in [6.45, 7) is 2.80. The van der Waals surface area contributed by atoms with Gasteiger partial charge in [0.05, 0.1) is 15.7 Å². The molecule has 0 aliphatic carbocycles. The molecule has 1 amide bonds. The number of halogens is 3. The zero-order valence-electron chi connectivity index (χ0n) is 15.5. The molecule has 0 radical (unpaired) electrons. The summed E-state index contributed by atoms with van der Waals surface area (Å²) in [5, 5.41) is 12.2. The number of aryl methyl sites for hydroxylation is 1. The maximum absolute atomic E-state index is 12.0. The average molecular weight is 457 g/mol. The molecule has 0 atom stereocenters. The van der Waals surface area contributed by atoms with E-state index in [1.165, 1.54) is 12.1 Å². The molecule has 0 spiro atoms. The normalized spacial score (nSPS) is 10.3. The third-order valence-corrected chi connectivity index (χ3v) is 4.95. The first-order valence-electron chi connectivity index (χ1n) is 8.36. The van der Waals surface area contributed by atoms with Gasteiger partial charge in [0.15, 0.2) is 6.61 Å². The minimum absolute atomic E-state index is 0.00932. The number of esters is 1. The minimum Gasteiger partial charge on any atom is -0.456 e. The molecular formula is C19H16Cl3N3O4. The number of hydrogen-bond acceptors (Lipinski definition) is 5. The summed E-state index contributed by atoms with van der Waals surface area (Å²) >= 11 is 17.8. The number of anilines is 1. The number of rotatable bonds is 6. The Morgan fingerprint density at radius 1 is 1.21 bits per heavy atom. The van der Waals surface area contributed by atoms with Crippen molar-refractivity contribution in [3.05, 3.63) is 59.9 Å². The standard InChI is InChI=1S/C19H16Cl3N3O4/c1-9-12(10(2)24-19(28)13(9)7-23)3-4-17(27)29-8-16(26)25-18-14(21)5-11(20)6-15(18)22/h5-6H,3-4,8H2,1-2H3,(H,24,28)(H,25,26). The molecule has 2 aromatic rings. The van der Waals surface area contributed by atoms with Gasteiger partial charge in [-0.2, -0.15) is 5.26 Å². The molecule has 0 fully saturated rings. The summed E-state index contributed by atoms with van der Waals surface area (Å²) in [5.41, 5.74) is 1.49. The lowest BCUT2D eigenvalue weighted by molar-refractivity contribution is -0.147. The van der Waals surface area contributed by atoms with Crippen molar-refractivity contribution in [1.82, 2.24) is 4.98 Å². The van der Waals surface area contributed by atoms with Gasteiger partial charge in [-0.3, -0.25) is 14.4 Å². The molecular weight excluding hydrogens is 441 g/mol. The molecule has 0 aliphatic heterocycles. The Hall–Kier alpha value is -2.53. The highest BCUT2D eigenvalue weighted by Crippen LogP contribution is 2.33. The SMILES string of the molecule is Cc1[nH]c(=O)c(C#N)c(C)c1CCC(=O)OCC(=O)Nc1c(Cl)cc(Cl)cc1Cl. The van der Waals surface area contributed by atoms with Crippen LogP contribution in [0.2, 0.25) is 15.1 Å². The molecule has 0 saturated heterocycles. The maximum Gasteiger partial charge on any atom is 0.306 e. The van der Waals surface area contributed by atoms with Crippen molar-refractivity contribution in [3.8, 4) is 6.07 Å². The highest BCUT2D eigenvalue weighted by molar-refractivity contribution is 6.42. The van der Waals surface area contributed by atoms with Crippen molar-refractivity contribution >= 4 is 52.4 Å². The van der Waals surface area contributed by atoms with Crippen LogP contribution >= 0.6 is 34.8 Å². The number of nitrogens with zero attached hydrogens (tertiary/aromatic N) is 1. The number of hydrogen-bond donors (Lipinski definition) is 2. The van der Waals surface area contributed by atoms with Crippen LogP contribution in [0.5, 0.6) is 0 Å². The molecule has 1 aromatic heterocycles. The number of aromatic nitrogens is 1. The predicted molar refractivity (Wildman–Crippen MR) is 111 cm³/mol. The van der Waals surface area contributed by atoms with Gasteiger partial charge in [-0.1, -0.05) is 34.8 Å². The van der Waals surface area contributed by atoms with Crippen molar-refractivity contribution in [1.29, 1.82) is 5.26 Å². The Bertz CT molecular complexity index is 1050.